The van der Waals surface area contributed by atoms with Crippen LogP contribution in [0.2, 0.25) is 0 Å². The SMILES string of the molecule is C[C@@H](N)C(=O)NC1CC2CCC1O2. The Morgan fingerprint density at radius 3 is 2.85 bits per heavy atom. The average Bonchev–Trinajstić information content (AvgIpc) is 2.64. The second-order valence-electron chi connectivity index (χ2n) is 4.01. The maximum absolute atomic E-state index is 11.3. The molecule has 2 aliphatic rings. The van der Waals surface area contributed by atoms with Gasteiger partial charge in [0.2, 0.25) is 5.91 Å². The number of fused-ring (bicyclic) bond motifs is 2. The Labute approximate surface area is 77.8 Å². The summed E-state index contributed by atoms with van der Waals surface area (Å²) in [5.41, 5.74) is 5.46. The fraction of sp³-hybridized carbons (Fsp3) is 0.889. The number of amides is 1. The first-order valence-corrected chi connectivity index (χ1v) is 4.88. The second-order valence-corrected chi connectivity index (χ2v) is 4.01. The van der Waals surface area contributed by atoms with Crippen molar-refractivity contribution in [2.24, 2.45) is 5.73 Å². The van der Waals surface area contributed by atoms with Crippen LogP contribution in [-0.2, 0) is 9.53 Å². The van der Waals surface area contributed by atoms with E-state index < -0.39 is 6.04 Å². The molecular weight excluding hydrogens is 168 g/mol. The van der Waals surface area contributed by atoms with Crippen molar-refractivity contribution in [1.29, 1.82) is 0 Å². The average molecular weight is 184 g/mol. The topological polar surface area (TPSA) is 64.4 Å². The van der Waals surface area contributed by atoms with E-state index in [1.54, 1.807) is 6.92 Å². The van der Waals surface area contributed by atoms with Gasteiger partial charge in [0.1, 0.15) is 0 Å². The lowest BCUT2D eigenvalue weighted by atomic mass is 9.95. The van der Waals surface area contributed by atoms with Gasteiger partial charge in [-0.3, -0.25) is 4.79 Å². The minimum absolute atomic E-state index is 0.0684. The first-order valence-electron chi connectivity index (χ1n) is 4.88. The molecule has 2 rings (SSSR count). The quantitative estimate of drug-likeness (QED) is 0.623. The van der Waals surface area contributed by atoms with Gasteiger partial charge in [0, 0.05) is 0 Å². The van der Waals surface area contributed by atoms with E-state index in [2.05, 4.69) is 5.32 Å². The molecule has 3 unspecified atom stereocenters. The molecule has 13 heavy (non-hydrogen) atoms. The number of nitrogens with one attached hydrogen (secondary N) is 1. The van der Waals surface area contributed by atoms with Gasteiger partial charge < -0.3 is 15.8 Å². The summed E-state index contributed by atoms with van der Waals surface area (Å²) >= 11 is 0. The van der Waals surface area contributed by atoms with Crippen molar-refractivity contribution in [3.63, 3.8) is 0 Å². The molecule has 2 heterocycles. The molecule has 2 fully saturated rings. The summed E-state index contributed by atoms with van der Waals surface area (Å²) in [5.74, 6) is -0.0684. The van der Waals surface area contributed by atoms with Gasteiger partial charge in [0.15, 0.2) is 0 Å². The summed E-state index contributed by atoms with van der Waals surface area (Å²) in [6, 6.07) is -0.212. The van der Waals surface area contributed by atoms with E-state index in [1.165, 1.54) is 0 Å². The van der Waals surface area contributed by atoms with Crippen molar-refractivity contribution in [1.82, 2.24) is 5.32 Å². The van der Waals surface area contributed by atoms with Gasteiger partial charge in [-0.25, -0.2) is 0 Å². The predicted molar refractivity (Wildman–Crippen MR) is 48.1 cm³/mol. The third-order valence-corrected chi connectivity index (χ3v) is 2.85. The zero-order valence-corrected chi connectivity index (χ0v) is 7.82. The summed E-state index contributed by atoms with van der Waals surface area (Å²) in [5, 5.41) is 2.92. The Bertz CT molecular complexity index is 218. The third kappa shape index (κ3) is 1.69. The first-order chi connectivity index (χ1) is 6.16. The van der Waals surface area contributed by atoms with Crippen LogP contribution in [-0.4, -0.2) is 30.2 Å². The minimum Gasteiger partial charge on any atom is -0.373 e. The van der Waals surface area contributed by atoms with Crippen LogP contribution in [0.4, 0.5) is 0 Å². The number of hydrogen-bond acceptors (Lipinski definition) is 3. The lowest BCUT2D eigenvalue weighted by Gasteiger charge is -2.20. The zero-order valence-electron chi connectivity index (χ0n) is 7.82. The lowest BCUT2D eigenvalue weighted by molar-refractivity contribution is -0.123. The first kappa shape index (κ1) is 8.97. The van der Waals surface area contributed by atoms with E-state index in [0.29, 0.717) is 6.10 Å². The highest BCUT2D eigenvalue weighted by Crippen LogP contribution is 2.34. The Hall–Kier alpha value is -0.610. The summed E-state index contributed by atoms with van der Waals surface area (Å²) in [7, 11) is 0. The Morgan fingerprint density at radius 1 is 1.62 bits per heavy atom. The van der Waals surface area contributed by atoms with E-state index in [4.69, 9.17) is 10.5 Å². The van der Waals surface area contributed by atoms with Gasteiger partial charge in [-0.05, 0) is 26.2 Å². The molecule has 0 aliphatic carbocycles. The highest BCUT2D eigenvalue weighted by Gasteiger charge is 2.41. The molecule has 4 nitrogen and oxygen atoms in total. The van der Waals surface area contributed by atoms with E-state index in [0.717, 1.165) is 19.3 Å². The molecule has 2 aliphatic heterocycles. The molecule has 0 saturated carbocycles. The van der Waals surface area contributed by atoms with Crippen LogP contribution in [0.1, 0.15) is 26.2 Å². The third-order valence-electron chi connectivity index (χ3n) is 2.85. The maximum Gasteiger partial charge on any atom is 0.236 e. The molecule has 3 N–H and O–H groups in total. The van der Waals surface area contributed by atoms with E-state index in [-0.39, 0.29) is 18.1 Å². The normalized spacial score (nSPS) is 39.1. The van der Waals surface area contributed by atoms with Crippen LogP contribution in [0, 0.1) is 0 Å². The monoisotopic (exact) mass is 184 g/mol. The van der Waals surface area contributed by atoms with Crippen LogP contribution < -0.4 is 11.1 Å². The van der Waals surface area contributed by atoms with Crippen LogP contribution >= 0.6 is 0 Å². The van der Waals surface area contributed by atoms with Crippen LogP contribution in [0.3, 0.4) is 0 Å². The van der Waals surface area contributed by atoms with Crippen molar-refractivity contribution in [3.8, 4) is 0 Å². The number of carbonyl (C=O) groups is 1. The fourth-order valence-corrected chi connectivity index (χ4v) is 2.10. The summed E-state index contributed by atoms with van der Waals surface area (Å²) in [4.78, 5) is 11.3. The molecule has 2 saturated heterocycles. The molecule has 0 radical (unpaired) electrons. The van der Waals surface area contributed by atoms with Gasteiger partial charge in [-0.1, -0.05) is 0 Å². The molecule has 74 valence electrons. The molecule has 4 heteroatoms. The summed E-state index contributed by atoms with van der Waals surface area (Å²) in [6.07, 6.45) is 3.81. The van der Waals surface area contributed by atoms with Gasteiger partial charge >= 0.3 is 0 Å². The second kappa shape index (κ2) is 3.27. The molecule has 4 atom stereocenters. The zero-order chi connectivity index (χ0) is 9.42. The molecule has 0 spiro atoms. The van der Waals surface area contributed by atoms with E-state index >= 15 is 0 Å². The number of hydrogen-bond donors (Lipinski definition) is 2. The maximum atomic E-state index is 11.3. The molecular formula is C9H16N2O2. The van der Waals surface area contributed by atoms with Crippen LogP contribution in [0.5, 0.6) is 0 Å². The van der Waals surface area contributed by atoms with Crippen molar-refractivity contribution in [2.75, 3.05) is 0 Å². The highest BCUT2D eigenvalue weighted by molar-refractivity contribution is 5.81. The molecule has 0 aromatic heterocycles. The molecule has 2 bridgehead atoms. The Morgan fingerprint density at radius 2 is 2.38 bits per heavy atom. The van der Waals surface area contributed by atoms with Crippen molar-refractivity contribution in [2.45, 2.75) is 50.5 Å². The highest BCUT2D eigenvalue weighted by atomic mass is 16.5. The predicted octanol–water partition coefficient (Wildman–Crippen LogP) is -0.230. The standard InChI is InChI=1S/C9H16N2O2/c1-5(10)9(12)11-7-4-6-2-3-8(7)13-6/h5-8H,2-4,10H2,1H3,(H,11,12)/t5-,6?,7?,8?/m1/s1. The van der Waals surface area contributed by atoms with E-state index in [1.807, 2.05) is 0 Å². The van der Waals surface area contributed by atoms with Crippen molar-refractivity contribution in [3.05, 3.63) is 0 Å². The van der Waals surface area contributed by atoms with Gasteiger partial charge in [0.25, 0.3) is 0 Å². The van der Waals surface area contributed by atoms with Gasteiger partial charge in [0.05, 0.1) is 24.3 Å². The van der Waals surface area contributed by atoms with Crippen molar-refractivity contribution >= 4 is 5.91 Å². The van der Waals surface area contributed by atoms with Gasteiger partial charge in [-0.15, -0.1) is 0 Å². The Kier molecular flexibility index (Phi) is 2.26. The smallest absolute Gasteiger partial charge is 0.236 e. The van der Waals surface area contributed by atoms with Crippen LogP contribution in [0.25, 0.3) is 0 Å². The number of nitrogens with two attached hydrogens (primary N) is 1. The molecule has 1 amide bonds. The number of rotatable bonds is 2. The Balaban J connectivity index is 1.86. The van der Waals surface area contributed by atoms with Gasteiger partial charge in [-0.2, -0.15) is 0 Å². The molecule has 0 aromatic rings. The largest absolute Gasteiger partial charge is 0.373 e. The van der Waals surface area contributed by atoms with Crippen molar-refractivity contribution < 1.29 is 9.53 Å². The molecule has 0 aromatic carbocycles. The van der Waals surface area contributed by atoms with Crippen LogP contribution in [0.15, 0.2) is 0 Å². The number of carbonyl (C=O) groups excluding carboxylic acids is 1. The number of ether oxygens (including phenoxy) is 1. The summed E-state index contributed by atoms with van der Waals surface area (Å²) < 4.78 is 5.61. The minimum atomic E-state index is -0.417. The fourth-order valence-electron chi connectivity index (χ4n) is 2.10. The lowest BCUT2D eigenvalue weighted by Crippen LogP contribution is -2.47. The van der Waals surface area contributed by atoms with E-state index in [9.17, 15) is 4.79 Å². The summed E-state index contributed by atoms with van der Waals surface area (Å²) in [6.45, 7) is 1.70.